The Hall–Kier alpha value is -4.07. The first-order chi connectivity index (χ1) is 14.3. The third kappa shape index (κ3) is 5.46. The van der Waals surface area contributed by atoms with Crippen molar-refractivity contribution < 1.29 is 0 Å². The lowest BCUT2D eigenvalue weighted by atomic mass is 10.3. The van der Waals surface area contributed by atoms with Crippen LogP contribution < -0.4 is 16.0 Å². The molecule has 2 aromatic heterocycles. The molecule has 29 heavy (non-hydrogen) atoms. The van der Waals surface area contributed by atoms with Gasteiger partial charge in [0.1, 0.15) is 5.82 Å². The second kappa shape index (κ2) is 9.23. The quantitative estimate of drug-likeness (QED) is 0.422. The standard InChI is InChI=1S/C21H20N8/c1-3-8-16(9-4-1)25-20-27-19(24-15-12-18-22-13-7-14-23-18)28-21(29-20)26-17-10-5-2-6-11-17/h1-11,13-14H,12,15H2,(H3,24,25,26,27,28,29). The molecule has 0 fully saturated rings. The Morgan fingerprint density at radius 3 is 1.66 bits per heavy atom. The Bertz CT molecular complexity index is 966. The van der Waals surface area contributed by atoms with Gasteiger partial charge in [0.2, 0.25) is 17.8 Å². The number of hydrogen-bond acceptors (Lipinski definition) is 8. The third-order valence-electron chi connectivity index (χ3n) is 3.95. The molecule has 8 heteroatoms. The number of nitrogens with one attached hydrogen (secondary N) is 3. The lowest BCUT2D eigenvalue weighted by Gasteiger charge is -2.11. The van der Waals surface area contributed by atoms with E-state index < -0.39 is 0 Å². The molecule has 4 aromatic rings. The van der Waals surface area contributed by atoms with Crippen molar-refractivity contribution in [3.8, 4) is 0 Å². The van der Waals surface area contributed by atoms with Crippen LogP contribution in [-0.4, -0.2) is 31.5 Å². The fourth-order valence-corrected chi connectivity index (χ4v) is 2.61. The summed E-state index contributed by atoms with van der Waals surface area (Å²) in [6, 6.07) is 21.3. The van der Waals surface area contributed by atoms with E-state index in [1.165, 1.54) is 0 Å². The van der Waals surface area contributed by atoms with E-state index in [2.05, 4.69) is 40.9 Å². The van der Waals surface area contributed by atoms with E-state index in [1.54, 1.807) is 18.5 Å². The zero-order chi connectivity index (χ0) is 19.7. The number of anilines is 5. The van der Waals surface area contributed by atoms with E-state index in [4.69, 9.17) is 0 Å². The summed E-state index contributed by atoms with van der Waals surface area (Å²) in [5.74, 6) is 2.12. The maximum Gasteiger partial charge on any atom is 0.233 e. The first-order valence-corrected chi connectivity index (χ1v) is 9.25. The Morgan fingerprint density at radius 2 is 1.10 bits per heavy atom. The van der Waals surface area contributed by atoms with Crippen LogP contribution >= 0.6 is 0 Å². The van der Waals surface area contributed by atoms with E-state index >= 15 is 0 Å². The molecular weight excluding hydrogens is 364 g/mol. The monoisotopic (exact) mass is 384 g/mol. The molecule has 0 aliphatic heterocycles. The zero-order valence-corrected chi connectivity index (χ0v) is 15.7. The number of aromatic nitrogens is 5. The Kier molecular flexibility index (Phi) is 5.82. The summed E-state index contributed by atoms with van der Waals surface area (Å²) in [5, 5.41) is 9.65. The molecule has 0 aliphatic carbocycles. The molecule has 4 rings (SSSR count). The highest BCUT2D eigenvalue weighted by Gasteiger charge is 2.08. The Labute approximate surface area is 168 Å². The van der Waals surface area contributed by atoms with Crippen molar-refractivity contribution in [1.29, 1.82) is 0 Å². The molecule has 2 heterocycles. The lowest BCUT2D eigenvalue weighted by molar-refractivity contribution is 0.881. The summed E-state index contributed by atoms with van der Waals surface area (Å²) in [5.41, 5.74) is 1.79. The van der Waals surface area contributed by atoms with Gasteiger partial charge in [0.05, 0.1) is 0 Å². The number of hydrogen-bond donors (Lipinski definition) is 3. The minimum Gasteiger partial charge on any atom is -0.354 e. The van der Waals surface area contributed by atoms with E-state index in [1.807, 2.05) is 60.7 Å². The Balaban J connectivity index is 1.52. The molecular formula is C21H20N8. The molecule has 144 valence electrons. The third-order valence-corrected chi connectivity index (χ3v) is 3.95. The van der Waals surface area contributed by atoms with Crippen LogP contribution in [0.1, 0.15) is 5.82 Å². The smallest absolute Gasteiger partial charge is 0.233 e. The van der Waals surface area contributed by atoms with E-state index in [0.29, 0.717) is 30.8 Å². The van der Waals surface area contributed by atoms with Crippen LogP contribution in [0.25, 0.3) is 0 Å². The summed E-state index contributed by atoms with van der Waals surface area (Å²) in [7, 11) is 0. The molecule has 0 aliphatic rings. The average Bonchev–Trinajstić information content (AvgIpc) is 2.76. The largest absolute Gasteiger partial charge is 0.354 e. The lowest BCUT2D eigenvalue weighted by Crippen LogP contribution is -2.12. The minimum atomic E-state index is 0.447. The fraction of sp³-hybridized carbons (Fsp3) is 0.0952. The highest BCUT2D eigenvalue weighted by atomic mass is 15.3. The van der Waals surface area contributed by atoms with Gasteiger partial charge in [0, 0.05) is 36.7 Å². The summed E-state index contributed by atoms with van der Waals surface area (Å²) >= 11 is 0. The van der Waals surface area contributed by atoms with Crippen molar-refractivity contribution in [3.05, 3.63) is 84.9 Å². The average molecular weight is 384 g/mol. The maximum atomic E-state index is 4.48. The van der Waals surface area contributed by atoms with Crippen molar-refractivity contribution in [2.24, 2.45) is 0 Å². The fourth-order valence-electron chi connectivity index (χ4n) is 2.61. The summed E-state index contributed by atoms with van der Waals surface area (Å²) < 4.78 is 0. The molecule has 0 atom stereocenters. The first kappa shape index (κ1) is 18.3. The van der Waals surface area contributed by atoms with Gasteiger partial charge in [-0.05, 0) is 30.3 Å². The molecule has 2 aromatic carbocycles. The van der Waals surface area contributed by atoms with Crippen LogP contribution in [0.15, 0.2) is 79.1 Å². The molecule has 0 unspecified atom stereocenters. The van der Waals surface area contributed by atoms with Crippen LogP contribution in [0, 0.1) is 0 Å². The van der Waals surface area contributed by atoms with Gasteiger partial charge in [-0.25, -0.2) is 9.97 Å². The number of benzene rings is 2. The molecule has 0 amide bonds. The highest BCUT2D eigenvalue weighted by Crippen LogP contribution is 2.18. The molecule has 0 radical (unpaired) electrons. The molecule has 3 N–H and O–H groups in total. The van der Waals surface area contributed by atoms with Crippen LogP contribution in [0.3, 0.4) is 0 Å². The number of para-hydroxylation sites is 2. The van der Waals surface area contributed by atoms with Crippen molar-refractivity contribution in [1.82, 2.24) is 24.9 Å². The van der Waals surface area contributed by atoms with Crippen LogP contribution in [0.2, 0.25) is 0 Å². The molecule has 0 bridgehead atoms. The Morgan fingerprint density at radius 1 is 0.586 bits per heavy atom. The van der Waals surface area contributed by atoms with Crippen LogP contribution in [0.4, 0.5) is 29.2 Å². The van der Waals surface area contributed by atoms with Gasteiger partial charge in [0.15, 0.2) is 0 Å². The van der Waals surface area contributed by atoms with Crippen molar-refractivity contribution in [2.45, 2.75) is 6.42 Å². The number of rotatable bonds is 8. The van der Waals surface area contributed by atoms with Gasteiger partial charge in [-0.2, -0.15) is 15.0 Å². The summed E-state index contributed by atoms with van der Waals surface area (Å²) in [6.07, 6.45) is 4.12. The normalized spacial score (nSPS) is 10.3. The highest BCUT2D eigenvalue weighted by molar-refractivity contribution is 5.58. The second-order valence-electron chi connectivity index (χ2n) is 6.13. The van der Waals surface area contributed by atoms with E-state index in [0.717, 1.165) is 17.2 Å². The van der Waals surface area contributed by atoms with Gasteiger partial charge < -0.3 is 16.0 Å². The zero-order valence-electron chi connectivity index (χ0n) is 15.7. The van der Waals surface area contributed by atoms with Crippen molar-refractivity contribution in [3.63, 3.8) is 0 Å². The summed E-state index contributed by atoms with van der Waals surface area (Å²) in [6.45, 7) is 0.601. The first-order valence-electron chi connectivity index (χ1n) is 9.25. The van der Waals surface area contributed by atoms with E-state index in [-0.39, 0.29) is 0 Å². The SMILES string of the molecule is c1ccc(Nc2nc(NCCc3ncccn3)nc(Nc3ccccc3)n2)cc1. The van der Waals surface area contributed by atoms with Gasteiger partial charge >= 0.3 is 0 Å². The molecule has 0 spiro atoms. The topological polar surface area (TPSA) is 101 Å². The molecule has 0 saturated carbocycles. The van der Waals surface area contributed by atoms with Gasteiger partial charge in [-0.15, -0.1) is 0 Å². The van der Waals surface area contributed by atoms with E-state index in [9.17, 15) is 0 Å². The molecule has 8 nitrogen and oxygen atoms in total. The second-order valence-corrected chi connectivity index (χ2v) is 6.13. The predicted molar refractivity (Wildman–Crippen MR) is 114 cm³/mol. The van der Waals surface area contributed by atoms with Crippen molar-refractivity contribution >= 4 is 29.2 Å². The van der Waals surface area contributed by atoms with Crippen LogP contribution in [-0.2, 0) is 6.42 Å². The van der Waals surface area contributed by atoms with Gasteiger partial charge in [0.25, 0.3) is 0 Å². The van der Waals surface area contributed by atoms with Crippen molar-refractivity contribution in [2.75, 3.05) is 22.5 Å². The molecule has 0 saturated heterocycles. The maximum absolute atomic E-state index is 4.48. The number of nitrogens with zero attached hydrogens (tertiary/aromatic N) is 5. The van der Waals surface area contributed by atoms with Gasteiger partial charge in [-0.3, -0.25) is 0 Å². The van der Waals surface area contributed by atoms with Gasteiger partial charge in [-0.1, -0.05) is 36.4 Å². The minimum absolute atomic E-state index is 0.447. The van der Waals surface area contributed by atoms with Crippen LogP contribution in [0.5, 0.6) is 0 Å². The predicted octanol–water partition coefficient (Wildman–Crippen LogP) is 3.80. The summed E-state index contributed by atoms with van der Waals surface area (Å²) in [4.78, 5) is 21.9.